The van der Waals surface area contributed by atoms with Gasteiger partial charge in [-0.3, -0.25) is 15.0 Å². The first-order valence-electron chi connectivity index (χ1n) is 3.57. The molecule has 0 saturated heterocycles. The molecule has 0 N–H and O–H groups in total. The molecule has 0 radical (unpaired) electrons. The predicted molar refractivity (Wildman–Crippen MR) is 40.4 cm³/mol. The third kappa shape index (κ3) is 4.85. The first-order chi connectivity index (χ1) is 6.47. The van der Waals surface area contributed by atoms with Gasteiger partial charge >= 0.3 is 5.97 Å². The van der Waals surface area contributed by atoms with E-state index in [1.807, 2.05) is 0 Å². The van der Waals surface area contributed by atoms with E-state index < -0.39 is 28.6 Å². The Morgan fingerprint density at radius 1 is 1.43 bits per heavy atom. The number of hydrogen-bond donors (Lipinski definition) is 0. The van der Waals surface area contributed by atoms with Crippen LogP contribution in [0.5, 0.6) is 0 Å². The molecule has 0 bridgehead atoms. The fraction of sp³-hybridized carbons (Fsp3) is 0.800. The van der Waals surface area contributed by atoms with Gasteiger partial charge in [0.05, 0.1) is 6.61 Å². The van der Waals surface area contributed by atoms with Gasteiger partial charge in [0.2, 0.25) is 6.54 Å². The van der Waals surface area contributed by atoms with E-state index in [0.29, 0.717) is 0 Å². The maximum Gasteiger partial charge on any atom is 0.342 e. The van der Waals surface area contributed by atoms with Crippen LogP contribution in [0.25, 0.3) is 0 Å². The van der Waals surface area contributed by atoms with Crippen molar-refractivity contribution in [3.8, 4) is 0 Å². The van der Waals surface area contributed by atoms with Crippen molar-refractivity contribution in [1.82, 2.24) is 0 Å². The standard InChI is InChI=1S/C5H8N2O7/c1-2-13-5(8)4(3-6(9)10)14-7(11)12/h4H,2-3H2,1H3/t4-/m0/s1. The van der Waals surface area contributed by atoms with Crippen molar-refractivity contribution in [3.63, 3.8) is 0 Å². The third-order valence-corrected chi connectivity index (χ3v) is 1.08. The number of carbonyl (C=O) groups is 1. The smallest absolute Gasteiger partial charge is 0.342 e. The van der Waals surface area contributed by atoms with E-state index in [2.05, 4.69) is 9.57 Å². The fourth-order valence-corrected chi connectivity index (χ4v) is 0.625. The van der Waals surface area contributed by atoms with E-state index in [9.17, 15) is 25.0 Å². The predicted octanol–water partition coefficient (Wildman–Crippen LogP) is -0.597. The number of carbonyl (C=O) groups excluding carboxylic acids is 1. The van der Waals surface area contributed by atoms with Crippen LogP contribution in [-0.4, -0.2) is 35.2 Å². The number of nitro groups is 1. The zero-order valence-electron chi connectivity index (χ0n) is 7.24. The van der Waals surface area contributed by atoms with Crippen molar-refractivity contribution in [3.05, 3.63) is 20.2 Å². The Morgan fingerprint density at radius 2 is 2.00 bits per heavy atom. The lowest BCUT2D eigenvalue weighted by Gasteiger charge is -2.08. The molecule has 0 amide bonds. The van der Waals surface area contributed by atoms with Gasteiger partial charge in [-0.2, -0.15) is 0 Å². The summed E-state index contributed by atoms with van der Waals surface area (Å²) in [6, 6.07) is 0. The molecular formula is C5H8N2O7. The summed E-state index contributed by atoms with van der Waals surface area (Å²) in [5.41, 5.74) is 0. The van der Waals surface area contributed by atoms with Gasteiger partial charge in [-0.25, -0.2) is 4.79 Å². The lowest BCUT2D eigenvalue weighted by atomic mass is 10.4. The molecule has 0 saturated carbocycles. The molecule has 9 heteroatoms. The van der Waals surface area contributed by atoms with Crippen LogP contribution in [0, 0.1) is 20.2 Å². The van der Waals surface area contributed by atoms with Gasteiger partial charge in [0, 0.05) is 4.92 Å². The zero-order valence-corrected chi connectivity index (χ0v) is 7.24. The highest BCUT2D eigenvalue weighted by molar-refractivity contribution is 5.74. The van der Waals surface area contributed by atoms with Gasteiger partial charge < -0.3 is 4.74 Å². The number of nitrogens with zero attached hydrogens (tertiary/aromatic N) is 2. The first kappa shape index (κ1) is 12.1. The Balaban J connectivity index is 4.29. The molecule has 14 heavy (non-hydrogen) atoms. The molecule has 0 aromatic heterocycles. The summed E-state index contributed by atoms with van der Waals surface area (Å²) in [4.78, 5) is 33.6. The summed E-state index contributed by atoms with van der Waals surface area (Å²) < 4.78 is 4.33. The maximum atomic E-state index is 10.9. The van der Waals surface area contributed by atoms with E-state index in [0.717, 1.165) is 0 Å². The Labute approximate surface area is 77.8 Å². The van der Waals surface area contributed by atoms with E-state index in [-0.39, 0.29) is 6.61 Å². The molecule has 1 atom stereocenters. The molecule has 0 rings (SSSR count). The van der Waals surface area contributed by atoms with E-state index in [4.69, 9.17) is 0 Å². The van der Waals surface area contributed by atoms with Gasteiger partial charge in [-0.05, 0) is 6.92 Å². The molecule has 0 aromatic carbocycles. The highest BCUT2D eigenvalue weighted by Gasteiger charge is 2.29. The van der Waals surface area contributed by atoms with Crippen molar-refractivity contribution in [2.45, 2.75) is 13.0 Å². The molecule has 0 unspecified atom stereocenters. The van der Waals surface area contributed by atoms with E-state index in [1.165, 1.54) is 6.92 Å². The number of rotatable bonds is 6. The quantitative estimate of drug-likeness (QED) is 0.324. The first-order valence-corrected chi connectivity index (χ1v) is 3.57. The van der Waals surface area contributed by atoms with Crippen LogP contribution < -0.4 is 0 Å². The molecule has 0 fully saturated rings. The minimum absolute atomic E-state index is 0.0336. The zero-order chi connectivity index (χ0) is 11.1. The van der Waals surface area contributed by atoms with Crippen LogP contribution in [0.15, 0.2) is 0 Å². The molecule has 0 aliphatic heterocycles. The van der Waals surface area contributed by atoms with Gasteiger partial charge in [0.25, 0.3) is 11.2 Å². The van der Waals surface area contributed by atoms with E-state index in [1.54, 1.807) is 0 Å². The normalized spacial score (nSPS) is 11.5. The Bertz CT molecular complexity index is 224. The molecule has 0 aliphatic carbocycles. The molecule has 0 spiro atoms. The van der Waals surface area contributed by atoms with Crippen LogP contribution in [0.1, 0.15) is 6.92 Å². The summed E-state index contributed by atoms with van der Waals surface area (Å²) in [5, 5.41) is 18.6. The topological polar surface area (TPSA) is 122 Å². The lowest BCUT2D eigenvalue weighted by molar-refractivity contribution is -0.770. The largest absolute Gasteiger partial charge is 0.464 e. The van der Waals surface area contributed by atoms with Crippen molar-refractivity contribution >= 4 is 5.97 Å². The summed E-state index contributed by atoms with van der Waals surface area (Å²) in [7, 11) is 0. The van der Waals surface area contributed by atoms with Crippen molar-refractivity contribution in [2.75, 3.05) is 13.2 Å². The van der Waals surface area contributed by atoms with Gasteiger partial charge in [0.15, 0.2) is 0 Å². The molecule has 0 aromatic rings. The lowest BCUT2D eigenvalue weighted by Crippen LogP contribution is -2.35. The SMILES string of the molecule is CCOC(=O)[C@H](C[N+](=O)[O-])O[N+](=O)[O-]. The average Bonchev–Trinajstić information content (AvgIpc) is 2.01. The summed E-state index contributed by atoms with van der Waals surface area (Å²) >= 11 is 0. The van der Waals surface area contributed by atoms with Crippen LogP contribution in [0.2, 0.25) is 0 Å². The average molecular weight is 208 g/mol. The second-order valence-electron chi connectivity index (χ2n) is 2.09. The van der Waals surface area contributed by atoms with Gasteiger partial charge in [0.1, 0.15) is 0 Å². The second-order valence-corrected chi connectivity index (χ2v) is 2.09. The Morgan fingerprint density at radius 3 is 2.36 bits per heavy atom. The van der Waals surface area contributed by atoms with Crippen molar-refractivity contribution in [1.29, 1.82) is 0 Å². The minimum atomic E-state index is -1.81. The molecule has 9 nitrogen and oxygen atoms in total. The highest BCUT2D eigenvalue weighted by atomic mass is 17.0. The molecule has 0 heterocycles. The van der Waals surface area contributed by atoms with Crippen molar-refractivity contribution in [2.24, 2.45) is 0 Å². The summed E-state index contributed by atoms with van der Waals surface area (Å²) in [5.74, 6) is -1.12. The monoisotopic (exact) mass is 208 g/mol. The van der Waals surface area contributed by atoms with E-state index >= 15 is 0 Å². The number of esters is 1. The van der Waals surface area contributed by atoms with Gasteiger partial charge in [-0.15, -0.1) is 10.1 Å². The minimum Gasteiger partial charge on any atom is -0.464 e. The summed E-state index contributed by atoms with van der Waals surface area (Å²) in [6.07, 6.45) is -1.81. The van der Waals surface area contributed by atoms with Crippen LogP contribution in [0.3, 0.4) is 0 Å². The molecular weight excluding hydrogens is 200 g/mol. The van der Waals surface area contributed by atoms with Crippen LogP contribution >= 0.6 is 0 Å². The number of ether oxygens (including phenoxy) is 1. The van der Waals surface area contributed by atoms with Crippen molar-refractivity contribution < 1.29 is 24.4 Å². The van der Waals surface area contributed by atoms with Gasteiger partial charge in [-0.1, -0.05) is 0 Å². The van der Waals surface area contributed by atoms with Crippen LogP contribution in [0.4, 0.5) is 0 Å². The van der Waals surface area contributed by atoms with Crippen LogP contribution in [-0.2, 0) is 14.4 Å². The Kier molecular flexibility index (Phi) is 4.89. The molecule has 0 aliphatic rings. The third-order valence-electron chi connectivity index (χ3n) is 1.08. The summed E-state index contributed by atoms with van der Waals surface area (Å²) in [6.45, 7) is 0.432. The molecule has 80 valence electrons. The highest BCUT2D eigenvalue weighted by Crippen LogP contribution is 1.97. The second kappa shape index (κ2) is 5.67. The fourth-order valence-electron chi connectivity index (χ4n) is 0.625. The Hall–Kier alpha value is -1.93. The maximum absolute atomic E-state index is 10.9. The number of hydrogen-bond acceptors (Lipinski definition) is 7.